The van der Waals surface area contributed by atoms with Gasteiger partial charge < -0.3 is 10.1 Å². The Labute approximate surface area is 119 Å². The summed E-state index contributed by atoms with van der Waals surface area (Å²) in [6.07, 6.45) is 0. The first kappa shape index (κ1) is 15.5. The SMILES string of the molecule is CCOC(=O)C#CC(=O)Nc1ccc(Cl)c([N+](=O)[O-])c1. The molecule has 0 atom stereocenters. The minimum absolute atomic E-state index is 0.0504. The third-order valence-corrected chi connectivity index (χ3v) is 2.27. The molecular formula is C12H9ClN2O5. The van der Waals surface area contributed by atoms with E-state index in [0.29, 0.717) is 0 Å². The third kappa shape index (κ3) is 4.59. The lowest BCUT2D eigenvalue weighted by Gasteiger charge is -2.01. The fourth-order valence-corrected chi connectivity index (χ4v) is 1.35. The predicted molar refractivity (Wildman–Crippen MR) is 71.1 cm³/mol. The Hall–Kier alpha value is -2.59. The minimum Gasteiger partial charge on any atom is -0.456 e. The first-order valence-electron chi connectivity index (χ1n) is 5.37. The van der Waals surface area contributed by atoms with E-state index < -0.39 is 16.8 Å². The minimum atomic E-state index is -0.829. The summed E-state index contributed by atoms with van der Waals surface area (Å²) in [6, 6.07) is 3.74. The second-order valence-electron chi connectivity index (χ2n) is 3.35. The fraction of sp³-hybridized carbons (Fsp3) is 0.167. The standard InChI is InChI=1S/C12H9ClN2O5/c1-2-20-12(17)6-5-11(16)14-8-3-4-9(13)10(7-8)15(18)19/h3-4,7H,2H2,1H3,(H,14,16). The molecule has 0 fully saturated rings. The molecule has 0 aliphatic carbocycles. The number of benzene rings is 1. The summed E-state index contributed by atoms with van der Waals surface area (Å²) >= 11 is 5.62. The Kier molecular flexibility index (Phi) is 5.50. The predicted octanol–water partition coefficient (Wildman–Crippen LogP) is 1.75. The third-order valence-electron chi connectivity index (χ3n) is 1.95. The summed E-state index contributed by atoms with van der Waals surface area (Å²) < 4.78 is 4.51. The second kappa shape index (κ2) is 7.11. The molecule has 1 aromatic carbocycles. The van der Waals surface area contributed by atoms with Crippen LogP contribution >= 0.6 is 11.6 Å². The number of nitrogens with zero attached hydrogens (tertiary/aromatic N) is 1. The Morgan fingerprint density at radius 2 is 2.15 bits per heavy atom. The van der Waals surface area contributed by atoms with Crippen LogP contribution in [0.2, 0.25) is 5.02 Å². The van der Waals surface area contributed by atoms with Gasteiger partial charge in [0.1, 0.15) is 5.02 Å². The Balaban J connectivity index is 2.79. The fourth-order valence-electron chi connectivity index (χ4n) is 1.17. The Bertz CT molecular complexity index is 618. The number of carbonyl (C=O) groups excluding carboxylic acids is 2. The van der Waals surface area contributed by atoms with Gasteiger partial charge in [0.2, 0.25) is 0 Å². The highest BCUT2D eigenvalue weighted by atomic mass is 35.5. The van der Waals surface area contributed by atoms with Crippen molar-refractivity contribution >= 4 is 34.9 Å². The maximum atomic E-state index is 11.4. The number of hydrogen-bond donors (Lipinski definition) is 1. The van der Waals surface area contributed by atoms with Gasteiger partial charge in [-0.25, -0.2) is 4.79 Å². The van der Waals surface area contributed by atoms with Gasteiger partial charge in [0.25, 0.3) is 5.69 Å². The van der Waals surface area contributed by atoms with Crippen molar-refractivity contribution in [1.82, 2.24) is 0 Å². The molecule has 1 aromatic rings. The molecule has 1 N–H and O–H groups in total. The zero-order valence-electron chi connectivity index (χ0n) is 10.3. The molecule has 8 heteroatoms. The average Bonchev–Trinajstić information content (AvgIpc) is 2.39. The van der Waals surface area contributed by atoms with Gasteiger partial charge in [0, 0.05) is 23.6 Å². The second-order valence-corrected chi connectivity index (χ2v) is 3.76. The van der Waals surface area contributed by atoms with E-state index >= 15 is 0 Å². The van der Waals surface area contributed by atoms with E-state index in [0.717, 1.165) is 6.07 Å². The van der Waals surface area contributed by atoms with Gasteiger partial charge >= 0.3 is 11.9 Å². The molecular weight excluding hydrogens is 288 g/mol. The summed E-state index contributed by atoms with van der Waals surface area (Å²) in [7, 11) is 0. The van der Waals surface area contributed by atoms with E-state index in [2.05, 4.69) is 10.1 Å². The van der Waals surface area contributed by atoms with Crippen LogP contribution in [-0.2, 0) is 14.3 Å². The first-order valence-corrected chi connectivity index (χ1v) is 5.75. The van der Waals surface area contributed by atoms with Gasteiger partial charge in [-0.05, 0) is 19.1 Å². The van der Waals surface area contributed by atoms with E-state index in [1.807, 2.05) is 11.8 Å². The van der Waals surface area contributed by atoms with Crippen LogP contribution in [0.25, 0.3) is 0 Å². The number of nitro benzene ring substituents is 1. The summed E-state index contributed by atoms with van der Waals surface area (Å²) in [5.74, 6) is 2.35. The molecule has 1 rings (SSSR count). The van der Waals surface area contributed by atoms with Gasteiger partial charge in [0.15, 0.2) is 0 Å². The molecule has 0 unspecified atom stereocenters. The van der Waals surface area contributed by atoms with Crippen LogP contribution in [-0.4, -0.2) is 23.4 Å². The molecule has 104 valence electrons. The molecule has 0 aliphatic heterocycles. The summed E-state index contributed by atoms with van der Waals surface area (Å²) in [5.41, 5.74) is -0.202. The van der Waals surface area contributed by atoms with Gasteiger partial charge in [-0.15, -0.1) is 0 Å². The molecule has 0 saturated heterocycles. The molecule has 0 aromatic heterocycles. The first-order chi connectivity index (χ1) is 9.43. The molecule has 0 radical (unpaired) electrons. The Morgan fingerprint density at radius 3 is 2.75 bits per heavy atom. The molecule has 0 aliphatic rings. The van der Waals surface area contributed by atoms with Crippen LogP contribution in [0.4, 0.5) is 11.4 Å². The highest BCUT2D eigenvalue weighted by Crippen LogP contribution is 2.27. The van der Waals surface area contributed by atoms with Gasteiger partial charge in [0.05, 0.1) is 11.5 Å². The smallest absolute Gasteiger partial charge is 0.384 e. The van der Waals surface area contributed by atoms with Gasteiger partial charge in [-0.1, -0.05) is 11.6 Å². The number of ether oxygens (including phenoxy) is 1. The number of nitro groups is 1. The van der Waals surface area contributed by atoms with E-state index in [9.17, 15) is 19.7 Å². The molecule has 0 bridgehead atoms. The van der Waals surface area contributed by atoms with Crippen LogP contribution in [0.1, 0.15) is 6.92 Å². The van der Waals surface area contributed by atoms with Gasteiger partial charge in [-0.2, -0.15) is 0 Å². The molecule has 0 heterocycles. The van der Waals surface area contributed by atoms with Crippen molar-refractivity contribution in [2.45, 2.75) is 6.92 Å². The number of nitrogens with one attached hydrogen (secondary N) is 1. The number of carbonyl (C=O) groups is 2. The Morgan fingerprint density at radius 1 is 1.45 bits per heavy atom. The number of halogens is 1. The van der Waals surface area contributed by atoms with Crippen molar-refractivity contribution < 1.29 is 19.2 Å². The normalized spacial score (nSPS) is 9.10. The molecule has 7 nitrogen and oxygen atoms in total. The van der Waals surface area contributed by atoms with E-state index in [1.165, 1.54) is 12.1 Å². The van der Waals surface area contributed by atoms with Crippen LogP contribution in [0, 0.1) is 22.0 Å². The average molecular weight is 297 g/mol. The van der Waals surface area contributed by atoms with Crippen molar-refractivity contribution in [3.63, 3.8) is 0 Å². The van der Waals surface area contributed by atoms with E-state index in [1.54, 1.807) is 6.92 Å². The number of anilines is 1. The van der Waals surface area contributed by atoms with Crippen LogP contribution in [0.15, 0.2) is 18.2 Å². The van der Waals surface area contributed by atoms with Crippen molar-refractivity contribution in [3.05, 3.63) is 33.3 Å². The molecule has 1 amide bonds. The lowest BCUT2D eigenvalue weighted by atomic mass is 10.3. The number of rotatable bonds is 3. The number of hydrogen-bond acceptors (Lipinski definition) is 5. The summed E-state index contributed by atoms with van der Waals surface area (Å²) in [5, 5.41) is 12.9. The maximum Gasteiger partial charge on any atom is 0.384 e. The van der Waals surface area contributed by atoms with Crippen LogP contribution in [0.5, 0.6) is 0 Å². The number of esters is 1. The zero-order valence-corrected chi connectivity index (χ0v) is 11.1. The largest absolute Gasteiger partial charge is 0.456 e. The van der Waals surface area contributed by atoms with Gasteiger partial charge in [-0.3, -0.25) is 14.9 Å². The van der Waals surface area contributed by atoms with Crippen molar-refractivity contribution in [3.8, 4) is 11.8 Å². The molecule has 0 spiro atoms. The summed E-state index contributed by atoms with van der Waals surface area (Å²) in [6.45, 7) is 1.75. The highest BCUT2D eigenvalue weighted by Gasteiger charge is 2.13. The highest BCUT2D eigenvalue weighted by molar-refractivity contribution is 6.32. The lowest BCUT2D eigenvalue weighted by molar-refractivity contribution is -0.384. The van der Waals surface area contributed by atoms with Crippen LogP contribution < -0.4 is 5.32 Å². The van der Waals surface area contributed by atoms with Crippen molar-refractivity contribution in [2.75, 3.05) is 11.9 Å². The van der Waals surface area contributed by atoms with Crippen molar-refractivity contribution in [1.29, 1.82) is 0 Å². The monoisotopic (exact) mass is 296 g/mol. The van der Waals surface area contributed by atoms with E-state index in [-0.39, 0.29) is 23.0 Å². The topological polar surface area (TPSA) is 98.5 Å². The van der Waals surface area contributed by atoms with Crippen molar-refractivity contribution in [2.24, 2.45) is 0 Å². The van der Waals surface area contributed by atoms with E-state index in [4.69, 9.17) is 11.6 Å². The molecule has 20 heavy (non-hydrogen) atoms. The zero-order chi connectivity index (χ0) is 15.1. The lowest BCUT2D eigenvalue weighted by Crippen LogP contribution is -2.10. The maximum absolute atomic E-state index is 11.4. The van der Waals surface area contributed by atoms with Crippen LogP contribution in [0.3, 0.4) is 0 Å². The molecule has 0 saturated carbocycles. The summed E-state index contributed by atoms with van der Waals surface area (Å²) in [4.78, 5) is 32.3. The number of amides is 1. The quantitative estimate of drug-likeness (QED) is 0.301.